The number of hydrogen-bond acceptors (Lipinski definition) is 6. The predicted molar refractivity (Wildman–Crippen MR) is 90.2 cm³/mol. The summed E-state index contributed by atoms with van der Waals surface area (Å²) in [7, 11) is 1.87. The molecular formula is C16H17N5OS. The summed E-state index contributed by atoms with van der Waals surface area (Å²) in [6.07, 6.45) is 0.969. The lowest BCUT2D eigenvalue weighted by atomic mass is 10.1. The summed E-state index contributed by atoms with van der Waals surface area (Å²) in [6, 6.07) is 10.0. The van der Waals surface area contributed by atoms with Gasteiger partial charge >= 0.3 is 0 Å². The zero-order valence-corrected chi connectivity index (χ0v) is 13.6. The van der Waals surface area contributed by atoms with Gasteiger partial charge in [0.1, 0.15) is 5.69 Å². The summed E-state index contributed by atoms with van der Waals surface area (Å²) >= 11 is 1.56. The van der Waals surface area contributed by atoms with Crippen LogP contribution in [0.1, 0.15) is 18.2 Å². The SMILES string of the molecule is CNc1nc(-c2nc([C@H]3CCOC3)nn2-c2ccccc2)cs1. The van der Waals surface area contributed by atoms with Crippen LogP contribution in [0.5, 0.6) is 0 Å². The van der Waals surface area contributed by atoms with E-state index in [0.29, 0.717) is 6.61 Å². The zero-order chi connectivity index (χ0) is 15.6. The number of benzene rings is 1. The second kappa shape index (κ2) is 6.10. The molecule has 1 saturated heterocycles. The Morgan fingerprint density at radius 2 is 2.13 bits per heavy atom. The van der Waals surface area contributed by atoms with E-state index in [1.54, 1.807) is 11.3 Å². The predicted octanol–water partition coefficient (Wildman–Crippen LogP) is 2.94. The van der Waals surface area contributed by atoms with Crippen molar-refractivity contribution >= 4 is 16.5 Å². The zero-order valence-electron chi connectivity index (χ0n) is 12.8. The Balaban J connectivity index is 1.81. The maximum absolute atomic E-state index is 5.48. The normalized spacial score (nSPS) is 17.5. The summed E-state index contributed by atoms with van der Waals surface area (Å²) in [6.45, 7) is 1.47. The molecular weight excluding hydrogens is 310 g/mol. The molecule has 7 heteroatoms. The van der Waals surface area contributed by atoms with Crippen molar-refractivity contribution in [2.24, 2.45) is 0 Å². The van der Waals surface area contributed by atoms with Crippen LogP contribution in [0.3, 0.4) is 0 Å². The molecule has 0 saturated carbocycles. The third kappa shape index (κ3) is 2.73. The van der Waals surface area contributed by atoms with E-state index in [9.17, 15) is 0 Å². The van der Waals surface area contributed by atoms with Gasteiger partial charge in [0.25, 0.3) is 0 Å². The van der Waals surface area contributed by atoms with Crippen LogP contribution in [-0.2, 0) is 4.74 Å². The summed E-state index contributed by atoms with van der Waals surface area (Å²) < 4.78 is 7.36. The van der Waals surface area contributed by atoms with E-state index in [0.717, 1.165) is 41.2 Å². The molecule has 3 aromatic rings. The van der Waals surface area contributed by atoms with Crippen LogP contribution in [0, 0.1) is 0 Å². The first-order chi connectivity index (χ1) is 11.3. The molecule has 0 radical (unpaired) electrons. The number of ether oxygens (including phenoxy) is 1. The minimum atomic E-state index is 0.265. The van der Waals surface area contributed by atoms with E-state index >= 15 is 0 Å². The van der Waals surface area contributed by atoms with Crippen molar-refractivity contribution in [3.05, 3.63) is 41.5 Å². The average Bonchev–Trinajstić information content (AvgIpc) is 3.33. The van der Waals surface area contributed by atoms with Gasteiger partial charge in [0.2, 0.25) is 0 Å². The second-order valence-corrected chi connectivity index (χ2v) is 6.25. The highest BCUT2D eigenvalue weighted by molar-refractivity contribution is 7.14. The van der Waals surface area contributed by atoms with Gasteiger partial charge < -0.3 is 10.1 Å². The molecule has 6 nitrogen and oxygen atoms in total. The highest BCUT2D eigenvalue weighted by Gasteiger charge is 2.25. The molecule has 0 spiro atoms. The molecule has 1 aliphatic rings. The van der Waals surface area contributed by atoms with Crippen LogP contribution in [0.15, 0.2) is 35.7 Å². The molecule has 1 fully saturated rings. The molecule has 2 aromatic heterocycles. The fraction of sp³-hybridized carbons (Fsp3) is 0.312. The second-order valence-electron chi connectivity index (χ2n) is 5.39. The van der Waals surface area contributed by atoms with Gasteiger partial charge in [-0.1, -0.05) is 18.2 Å². The van der Waals surface area contributed by atoms with E-state index in [2.05, 4.69) is 10.3 Å². The number of hydrogen-bond donors (Lipinski definition) is 1. The summed E-state index contributed by atoms with van der Waals surface area (Å²) in [5.74, 6) is 1.87. The lowest BCUT2D eigenvalue weighted by Crippen LogP contribution is -2.02. The van der Waals surface area contributed by atoms with Crippen LogP contribution >= 0.6 is 11.3 Å². The van der Waals surface area contributed by atoms with E-state index in [4.69, 9.17) is 14.8 Å². The minimum absolute atomic E-state index is 0.265. The van der Waals surface area contributed by atoms with E-state index < -0.39 is 0 Å². The highest BCUT2D eigenvalue weighted by atomic mass is 32.1. The summed E-state index contributed by atoms with van der Waals surface area (Å²) in [5, 5.41) is 10.7. The lowest BCUT2D eigenvalue weighted by molar-refractivity contribution is 0.193. The Morgan fingerprint density at radius 1 is 1.26 bits per heavy atom. The Morgan fingerprint density at radius 3 is 2.83 bits per heavy atom. The van der Waals surface area contributed by atoms with Gasteiger partial charge in [0.05, 0.1) is 12.3 Å². The van der Waals surface area contributed by atoms with Crippen LogP contribution in [0.25, 0.3) is 17.2 Å². The van der Waals surface area contributed by atoms with Crippen LogP contribution in [0.4, 0.5) is 5.13 Å². The van der Waals surface area contributed by atoms with Crippen molar-refractivity contribution in [2.75, 3.05) is 25.6 Å². The number of rotatable bonds is 4. The van der Waals surface area contributed by atoms with Gasteiger partial charge in [-0.2, -0.15) is 5.10 Å². The topological polar surface area (TPSA) is 64.9 Å². The first-order valence-corrected chi connectivity index (χ1v) is 8.47. The van der Waals surface area contributed by atoms with Gasteiger partial charge in [0, 0.05) is 25.0 Å². The Bertz CT molecular complexity index is 792. The highest BCUT2D eigenvalue weighted by Crippen LogP contribution is 2.29. The molecule has 1 N–H and O–H groups in total. The Kier molecular flexibility index (Phi) is 3.80. The first-order valence-electron chi connectivity index (χ1n) is 7.59. The minimum Gasteiger partial charge on any atom is -0.381 e. The number of nitrogens with one attached hydrogen (secondary N) is 1. The molecule has 23 heavy (non-hydrogen) atoms. The molecule has 1 aromatic carbocycles. The standard InChI is InChI=1S/C16H17N5OS/c1-17-16-18-13(10-23-16)15-19-14(11-7-8-22-9-11)20-21(15)12-5-3-2-4-6-12/h2-6,10-11H,7-9H2,1H3,(H,17,18)/t11-/m0/s1. The third-order valence-electron chi connectivity index (χ3n) is 3.87. The molecule has 0 amide bonds. The van der Waals surface area contributed by atoms with Crippen LogP contribution in [-0.4, -0.2) is 40.0 Å². The molecule has 1 atom stereocenters. The Labute approximate surface area is 138 Å². The molecule has 0 bridgehead atoms. The smallest absolute Gasteiger partial charge is 0.183 e. The van der Waals surface area contributed by atoms with Crippen molar-refractivity contribution < 1.29 is 4.74 Å². The summed E-state index contributed by atoms with van der Waals surface area (Å²) in [4.78, 5) is 9.35. The van der Waals surface area contributed by atoms with E-state index in [-0.39, 0.29) is 5.92 Å². The molecule has 3 heterocycles. The first kappa shape index (κ1) is 14.3. The van der Waals surface area contributed by atoms with Crippen molar-refractivity contribution in [2.45, 2.75) is 12.3 Å². The van der Waals surface area contributed by atoms with Gasteiger partial charge in [-0.05, 0) is 18.6 Å². The van der Waals surface area contributed by atoms with Crippen molar-refractivity contribution in [1.82, 2.24) is 19.7 Å². The number of anilines is 1. The molecule has 1 aliphatic heterocycles. The number of nitrogens with zero attached hydrogens (tertiary/aromatic N) is 4. The summed E-state index contributed by atoms with van der Waals surface area (Å²) in [5.41, 5.74) is 1.82. The average molecular weight is 327 g/mol. The van der Waals surface area contributed by atoms with Crippen molar-refractivity contribution in [1.29, 1.82) is 0 Å². The monoisotopic (exact) mass is 327 g/mol. The number of aromatic nitrogens is 4. The maximum Gasteiger partial charge on any atom is 0.183 e. The maximum atomic E-state index is 5.48. The Hall–Kier alpha value is -2.25. The van der Waals surface area contributed by atoms with Gasteiger partial charge in [-0.25, -0.2) is 14.6 Å². The lowest BCUT2D eigenvalue weighted by Gasteiger charge is -2.03. The van der Waals surface area contributed by atoms with Gasteiger partial charge in [0.15, 0.2) is 16.8 Å². The molecule has 118 valence electrons. The van der Waals surface area contributed by atoms with Crippen molar-refractivity contribution in [3.63, 3.8) is 0 Å². The number of thiazole rings is 1. The van der Waals surface area contributed by atoms with Gasteiger partial charge in [-0.15, -0.1) is 11.3 Å². The molecule has 0 aliphatic carbocycles. The fourth-order valence-corrected chi connectivity index (χ4v) is 3.30. The third-order valence-corrected chi connectivity index (χ3v) is 4.73. The largest absolute Gasteiger partial charge is 0.381 e. The molecule has 4 rings (SSSR count). The quantitative estimate of drug-likeness (QED) is 0.798. The van der Waals surface area contributed by atoms with Crippen LogP contribution < -0.4 is 5.32 Å². The number of para-hydroxylation sites is 1. The van der Waals surface area contributed by atoms with E-state index in [1.165, 1.54) is 0 Å². The van der Waals surface area contributed by atoms with E-state index in [1.807, 2.05) is 47.4 Å². The van der Waals surface area contributed by atoms with Crippen molar-refractivity contribution in [3.8, 4) is 17.2 Å². The molecule has 0 unspecified atom stereocenters. The van der Waals surface area contributed by atoms with Gasteiger partial charge in [-0.3, -0.25) is 0 Å². The fourth-order valence-electron chi connectivity index (χ4n) is 2.65. The van der Waals surface area contributed by atoms with Crippen LogP contribution in [0.2, 0.25) is 0 Å².